The summed E-state index contributed by atoms with van der Waals surface area (Å²) in [5.74, 6) is -0.987. The van der Waals surface area contributed by atoms with Crippen LogP contribution in [0.15, 0.2) is 48.5 Å². The Hall–Kier alpha value is -3.42. The first-order valence-corrected chi connectivity index (χ1v) is 11.7. The van der Waals surface area contributed by atoms with Gasteiger partial charge in [0, 0.05) is 31.7 Å². The highest BCUT2D eigenvalue weighted by molar-refractivity contribution is 5.98. The molecule has 1 aliphatic rings. The zero-order valence-electron chi connectivity index (χ0n) is 19.9. The molecule has 0 bridgehead atoms. The van der Waals surface area contributed by atoms with Crippen LogP contribution in [-0.4, -0.2) is 66.9 Å². The van der Waals surface area contributed by atoms with Crippen molar-refractivity contribution in [3.05, 3.63) is 65.5 Å². The Kier molecular flexibility index (Phi) is 8.62. The van der Waals surface area contributed by atoms with Gasteiger partial charge in [-0.15, -0.1) is 0 Å². The second-order valence-corrected chi connectivity index (χ2v) is 8.30. The SMILES string of the molecule is CCN(CC)C(=O)C(NC(=O)c1cccc(OC)c1)C1CCN(C(=O)c2ccccc2F)CC1. The quantitative estimate of drug-likeness (QED) is 0.643. The summed E-state index contributed by atoms with van der Waals surface area (Å²) < 4.78 is 19.3. The molecule has 1 heterocycles. The van der Waals surface area contributed by atoms with Crippen LogP contribution in [0.5, 0.6) is 5.75 Å². The van der Waals surface area contributed by atoms with Crippen LogP contribution in [0.25, 0.3) is 0 Å². The van der Waals surface area contributed by atoms with E-state index < -0.39 is 11.9 Å². The van der Waals surface area contributed by atoms with E-state index >= 15 is 0 Å². The van der Waals surface area contributed by atoms with Gasteiger partial charge in [-0.05, 0) is 62.9 Å². The number of halogens is 1. The van der Waals surface area contributed by atoms with E-state index in [0.717, 1.165) is 0 Å². The standard InChI is InChI=1S/C26H32FN3O4/c1-4-29(5-2)26(33)23(28-24(31)19-9-8-10-20(17-19)34-3)18-13-15-30(16-14-18)25(32)21-11-6-7-12-22(21)27/h6-12,17-18,23H,4-5,13-16H2,1-3H3,(H,28,31). The number of hydrogen-bond acceptors (Lipinski definition) is 4. The van der Waals surface area contributed by atoms with Crippen molar-refractivity contribution in [3.8, 4) is 5.75 Å². The average Bonchev–Trinajstić information content (AvgIpc) is 2.87. The highest BCUT2D eigenvalue weighted by Crippen LogP contribution is 2.25. The number of nitrogens with zero attached hydrogens (tertiary/aromatic N) is 2. The molecule has 0 saturated carbocycles. The maximum absolute atomic E-state index is 14.1. The lowest BCUT2D eigenvalue weighted by Crippen LogP contribution is -2.54. The van der Waals surface area contributed by atoms with E-state index in [1.54, 1.807) is 46.2 Å². The van der Waals surface area contributed by atoms with Crippen LogP contribution in [0.1, 0.15) is 47.4 Å². The number of benzene rings is 2. The van der Waals surface area contributed by atoms with Gasteiger partial charge < -0.3 is 19.9 Å². The Balaban J connectivity index is 1.75. The van der Waals surface area contributed by atoms with E-state index in [-0.39, 0.29) is 29.2 Å². The summed E-state index contributed by atoms with van der Waals surface area (Å²) >= 11 is 0. The van der Waals surface area contributed by atoms with E-state index in [2.05, 4.69) is 5.32 Å². The van der Waals surface area contributed by atoms with Crippen molar-refractivity contribution in [2.24, 2.45) is 5.92 Å². The van der Waals surface area contributed by atoms with Crippen molar-refractivity contribution in [2.75, 3.05) is 33.3 Å². The van der Waals surface area contributed by atoms with Gasteiger partial charge >= 0.3 is 0 Å². The Morgan fingerprint density at radius 2 is 1.76 bits per heavy atom. The van der Waals surface area contributed by atoms with Gasteiger partial charge in [0.25, 0.3) is 11.8 Å². The number of likely N-dealkylation sites (N-methyl/N-ethyl adjacent to an activating group) is 1. The summed E-state index contributed by atoms with van der Waals surface area (Å²) in [6, 6.07) is 12.0. The second-order valence-electron chi connectivity index (χ2n) is 8.30. The fourth-order valence-electron chi connectivity index (χ4n) is 4.34. The number of ether oxygens (including phenoxy) is 1. The van der Waals surface area contributed by atoms with E-state index in [0.29, 0.717) is 50.3 Å². The highest BCUT2D eigenvalue weighted by Gasteiger charge is 2.36. The van der Waals surface area contributed by atoms with Crippen LogP contribution in [-0.2, 0) is 4.79 Å². The minimum absolute atomic E-state index is 0.0445. The van der Waals surface area contributed by atoms with Crippen LogP contribution < -0.4 is 10.1 Å². The molecule has 2 aromatic carbocycles. The fraction of sp³-hybridized carbons (Fsp3) is 0.423. The summed E-state index contributed by atoms with van der Waals surface area (Å²) in [4.78, 5) is 42.4. The van der Waals surface area contributed by atoms with Gasteiger partial charge in [0.15, 0.2) is 0 Å². The Morgan fingerprint density at radius 1 is 1.09 bits per heavy atom. The van der Waals surface area contributed by atoms with Crippen LogP contribution in [0.2, 0.25) is 0 Å². The minimum Gasteiger partial charge on any atom is -0.497 e. The van der Waals surface area contributed by atoms with Gasteiger partial charge in [-0.3, -0.25) is 14.4 Å². The van der Waals surface area contributed by atoms with Gasteiger partial charge in [0.1, 0.15) is 17.6 Å². The fourth-order valence-corrected chi connectivity index (χ4v) is 4.34. The monoisotopic (exact) mass is 469 g/mol. The third-order valence-corrected chi connectivity index (χ3v) is 6.36. The first kappa shape index (κ1) is 25.2. The number of likely N-dealkylation sites (tertiary alicyclic amines) is 1. The average molecular weight is 470 g/mol. The van der Waals surface area contributed by atoms with Crippen LogP contribution >= 0.6 is 0 Å². The van der Waals surface area contributed by atoms with E-state index in [1.807, 2.05) is 13.8 Å². The summed E-state index contributed by atoms with van der Waals surface area (Å²) in [6.07, 6.45) is 1.05. The molecule has 0 aliphatic carbocycles. The largest absolute Gasteiger partial charge is 0.497 e. The summed E-state index contributed by atoms with van der Waals surface area (Å²) in [5, 5.41) is 2.94. The van der Waals surface area contributed by atoms with Crippen molar-refractivity contribution in [1.29, 1.82) is 0 Å². The Morgan fingerprint density at radius 3 is 2.38 bits per heavy atom. The molecular weight excluding hydrogens is 437 g/mol. The summed E-state index contributed by atoms with van der Waals surface area (Å²) in [6.45, 7) is 5.64. The molecule has 182 valence electrons. The first-order valence-electron chi connectivity index (χ1n) is 11.7. The van der Waals surface area contributed by atoms with Crippen LogP contribution in [0.4, 0.5) is 4.39 Å². The molecule has 0 aromatic heterocycles. The molecule has 1 atom stereocenters. The predicted octanol–water partition coefficient (Wildman–Crippen LogP) is 3.35. The molecule has 0 spiro atoms. The molecule has 34 heavy (non-hydrogen) atoms. The molecule has 1 aliphatic heterocycles. The van der Waals surface area contributed by atoms with Gasteiger partial charge in [0.05, 0.1) is 12.7 Å². The molecule has 2 aromatic rings. The van der Waals surface area contributed by atoms with Crippen molar-refractivity contribution >= 4 is 17.7 Å². The molecule has 7 nitrogen and oxygen atoms in total. The van der Waals surface area contributed by atoms with Gasteiger partial charge in [0.2, 0.25) is 5.91 Å². The van der Waals surface area contributed by atoms with Gasteiger partial charge in [-0.1, -0.05) is 18.2 Å². The number of hydrogen-bond donors (Lipinski definition) is 1. The molecule has 8 heteroatoms. The normalized spacial score (nSPS) is 14.9. The lowest BCUT2D eigenvalue weighted by molar-refractivity contribution is -0.134. The topological polar surface area (TPSA) is 79.0 Å². The molecule has 3 rings (SSSR count). The highest BCUT2D eigenvalue weighted by atomic mass is 19.1. The predicted molar refractivity (Wildman–Crippen MR) is 127 cm³/mol. The van der Waals surface area contributed by atoms with Crippen molar-refractivity contribution in [1.82, 2.24) is 15.1 Å². The van der Waals surface area contributed by atoms with E-state index in [9.17, 15) is 18.8 Å². The van der Waals surface area contributed by atoms with Crippen LogP contribution in [0.3, 0.4) is 0 Å². The lowest BCUT2D eigenvalue weighted by atomic mass is 9.87. The maximum Gasteiger partial charge on any atom is 0.256 e. The van der Waals surface area contributed by atoms with Crippen LogP contribution in [0, 0.1) is 11.7 Å². The molecule has 1 saturated heterocycles. The van der Waals surface area contributed by atoms with E-state index in [1.165, 1.54) is 19.2 Å². The number of carbonyl (C=O) groups excluding carboxylic acids is 3. The minimum atomic E-state index is -0.718. The first-order chi connectivity index (χ1) is 16.4. The number of carbonyl (C=O) groups is 3. The van der Waals surface area contributed by atoms with Gasteiger partial charge in [-0.2, -0.15) is 0 Å². The third-order valence-electron chi connectivity index (χ3n) is 6.36. The molecule has 1 fully saturated rings. The molecule has 0 radical (unpaired) electrons. The molecule has 1 N–H and O–H groups in total. The maximum atomic E-state index is 14.1. The number of amides is 3. The summed E-state index contributed by atoms with van der Waals surface area (Å²) in [5.41, 5.74) is 0.451. The zero-order chi connectivity index (χ0) is 24.7. The van der Waals surface area contributed by atoms with Crippen molar-refractivity contribution < 1.29 is 23.5 Å². The smallest absolute Gasteiger partial charge is 0.256 e. The number of rotatable bonds is 8. The summed E-state index contributed by atoms with van der Waals surface area (Å²) in [7, 11) is 1.53. The molecular formula is C26H32FN3O4. The van der Waals surface area contributed by atoms with Crippen molar-refractivity contribution in [3.63, 3.8) is 0 Å². The number of piperidine rings is 1. The number of nitrogens with one attached hydrogen (secondary N) is 1. The Bertz CT molecular complexity index is 1020. The van der Waals surface area contributed by atoms with E-state index in [4.69, 9.17) is 4.74 Å². The second kappa shape index (κ2) is 11.6. The molecule has 3 amide bonds. The van der Waals surface area contributed by atoms with Crippen molar-refractivity contribution in [2.45, 2.75) is 32.7 Å². The third kappa shape index (κ3) is 5.73. The lowest BCUT2D eigenvalue weighted by Gasteiger charge is -2.37. The van der Waals surface area contributed by atoms with Gasteiger partial charge in [-0.25, -0.2) is 4.39 Å². The Labute approximate surface area is 199 Å². The zero-order valence-corrected chi connectivity index (χ0v) is 19.9. The molecule has 1 unspecified atom stereocenters. The number of methoxy groups -OCH3 is 1.